The average molecular weight is 220 g/mol. The Morgan fingerprint density at radius 3 is 2.50 bits per heavy atom. The smallest absolute Gasteiger partial charge is 0.324 e. The molecular formula is C10H21O3P. The van der Waals surface area contributed by atoms with E-state index in [-0.39, 0.29) is 6.10 Å². The van der Waals surface area contributed by atoms with Crippen LogP contribution in [0.4, 0.5) is 0 Å². The van der Waals surface area contributed by atoms with Crippen LogP contribution in [0.3, 0.4) is 0 Å². The van der Waals surface area contributed by atoms with Crippen LogP contribution in [0, 0.1) is 5.92 Å². The third-order valence-corrected chi connectivity index (χ3v) is 4.24. The fourth-order valence-corrected chi connectivity index (χ4v) is 3.48. The highest BCUT2D eigenvalue weighted by atomic mass is 31.2. The van der Waals surface area contributed by atoms with Crippen LogP contribution in [0.5, 0.6) is 0 Å². The van der Waals surface area contributed by atoms with Crippen LogP contribution in [-0.4, -0.2) is 17.2 Å². The summed E-state index contributed by atoms with van der Waals surface area (Å²) >= 11 is 0. The molecule has 0 aromatic heterocycles. The molecule has 0 bridgehead atoms. The summed E-state index contributed by atoms with van der Waals surface area (Å²) in [5, 5.41) is 0. The lowest BCUT2D eigenvalue weighted by Gasteiger charge is -2.16. The van der Waals surface area contributed by atoms with Crippen LogP contribution in [0.2, 0.25) is 0 Å². The predicted molar refractivity (Wildman–Crippen MR) is 57.5 cm³/mol. The summed E-state index contributed by atoms with van der Waals surface area (Å²) in [7, 11) is -3.30. The van der Waals surface area contributed by atoms with Gasteiger partial charge in [-0.05, 0) is 26.2 Å². The van der Waals surface area contributed by atoms with Crippen molar-refractivity contribution in [3.05, 3.63) is 0 Å². The standard InChI is InChI=1S/C10H21O3P/c1-9(2)13-14(11,12)8-7-10-5-3-4-6-10/h9-10H,3-8H2,1-2H3,(H,11,12). The zero-order valence-electron chi connectivity index (χ0n) is 9.11. The van der Waals surface area contributed by atoms with E-state index in [0.29, 0.717) is 12.1 Å². The summed E-state index contributed by atoms with van der Waals surface area (Å²) in [5.41, 5.74) is 0. The maximum absolute atomic E-state index is 11.5. The van der Waals surface area contributed by atoms with Gasteiger partial charge in [0.15, 0.2) is 0 Å². The second-order valence-corrected chi connectivity index (χ2v) is 6.39. The Labute approximate surface area is 86.4 Å². The molecule has 0 heterocycles. The number of rotatable bonds is 5. The van der Waals surface area contributed by atoms with Gasteiger partial charge >= 0.3 is 7.60 Å². The summed E-state index contributed by atoms with van der Waals surface area (Å²) < 4.78 is 16.5. The fourth-order valence-electron chi connectivity index (χ4n) is 2.03. The van der Waals surface area contributed by atoms with Gasteiger partial charge in [0.25, 0.3) is 0 Å². The first-order valence-electron chi connectivity index (χ1n) is 5.50. The molecule has 1 unspecified atom stereocenters. The molecule has 0 aliphatic heterocycles. The van der Waals surface area contributed by atoms with Crippen LogP contribution >= 0.6 is 7.60 Å². The minimum absolute atomic E-state index is 0.158. The van der Waals surface area contributed by atoms with Gasteiger partial charge in [0.05, 0.1) is 12.3 Å². The summed E-state index contributed by atoms with van der Waals surface area (Å²) in [6.45, 7) is 3.58. The first kappa shape index (κ1) is 12.2. The molecule has 0 radical (unpaired) electrons. The highest BCUT2D eigenvalue weighted by molar-refractivity contribution is 7.52. The van der Waals surface area contributed by atoms with Crippen molar-refractivity contribution in [1.82, 2.24) is 0 Å². The molecule has 3 nitrogen and oxygen atoms in total. The van der Waals surface area contributed by atoms with Gasteiger partial charge in [-0.3, -0.25) is 4.57 Å². The number of hydrogen-bond acceptors (Lipinski definition) is 2. The number of hydrogen-bond donors (Lipinski definition) is 1. The first-order chi connectivity index (χ1) is 6.49. The molecule has 1 rings (SSSR count). The fraction of sp³-hybridized carbons (Fsp3) is 1.00. The topological polar surface area (TPSA) is 46.5 Å². The minimum atomic E-state index is -3.30. The van der Waals surface area contributed by atoms with Gasteiger partial charge in [-0.1, -0.05) is 25.7 Å². The van der Waals surface area contributed by atoms with Crippen molar-refractivity contribution in [3.63, 3.8) is 0 Å². The third-order valence-electron chi connectivity index (χ3n) is 2.67. The molecule has 0 aromatic rings. The lowest BCUT2D eigenvalue weighted by Crippen LogP contribution is -2.05. The Kier molecular flexibility index (Phi) is 4.62. The maximum atomic E-state index is 11.5. The summed E-state index contributed by atoms with van der Waals surface area (Å²) in [4.78, 5) is 9.48. The molecule has 0 aromatic carbocycles. The first-order valence-corrected chi connectivity index (χ1v) is 7.26. The summed E-state index contributed by atoms with van der Waals surface area (Å²) in [5.74, 6) is 0.659. The molecular weight excluding hydrogens is 199 g/mol. The van der Waals surface area contributed by atoms with Crippen LogP contribution < -0.4 is 0 Å². The lowest BCUT2D eigenvalue weighted by atomic mass is 10.1. The predicted octanol–water partition coefficient (Wildman–Crippen LogP) is 3.18. The molecule has 1 atom stereocenters. The van der Waals surface area contributed by atoms with Crippen molar-refractivity contribution in [2.75, 3.05) is 6.16 Å². The molecule has 14 heavy (non-hydrogen) atoms. The van der Waals surface area contributed by atoms with Crippen molar-refractivity contribution in [3.8, 4) is 0 Å². The zero-order valence-corrected chi connectivity index (χ0v) is 10.0. The van der Waals surface area contributed by atoms with E-state index in [1.807, 2.05) is 0 Å². The van der Waals surface area contributed by atoms with Crippen molar-refractivity contribution in [1.29, 1.82) is 0 Å². The highest BCUT2D eigenvalue weighted by Crippen LogP contribution is 2.45. The molecule has 0 saturated heterocycles. The summed E-state index contributed by atoms with van der Waals surface area (Å²) in [6, 6.07) is 0. The molecule has 1 fully saturated rings. The molecule has 0 amide bonds. The van der Waals surface area contributed by atoms with E-state index in [1.54, 1.807) is 13.8 Å². The van der Waals surface area contributed by atoms with E-state index in [1.165, 1.54) is 25.7 Å². The SMILES string of the molecule is CC(C)OP(=O)(O)CCC1CCCC1. The van der Waals surface area contributed by atoms with E-state index in [0.717, 1.165) is 6.42 Å². The molecule has 0 spiro atoms. The Balaban J connectivity index is 2.24. The lowest BCUT2D eigenvalue weighted by molar-refractivity contribution is 0.203. The van der Waals surface area contributed by atoms with E-state index in [2.05, 4.69) is 0 Å². The monoisotopic (exact) mass is 220 g/mol. The molecule has 84 valence electrons. The van der Waals surface area contributed by atoms with Gasteiger partial charge < -0.3 is 9.42 Å². The van der Waals surface area contributed by atoms with Crippen LogP contribution in [0.15, 0.2) is 0 Å². The Hall–Kier alpha value is 0.150. The Bertz CT molecular complexity index is 209. The van der Waals surface area contributed by atoms with Gasteiger partial charge in [-0.15, -0.1) is 0 Å². The van der Waals surface area contributed by atoms with Crippen molar-refractivity contribution in [2.24, 2.45) is 5.92 Å². The molecule has 4 heteroatoms. The van der Waals surface area contributed by atoms with Crippen molar-refractivity contribution >= 4 is 7.60 Å². The van der Waals surface area contributed by atoms with E-state index < -0.39 is 7.60 Å². The van der Waals surface area contributed by atoms with E-state index in [4.69, 9.17) is 4.52 Å². The van der Waals surface area contributed by atoms with Crippen LogP contribution in [-0.2, 0) is 9.09 Å². The van der Waals surface area contributed by atoms with Crippen molar-refractivity contribution < 1.29 is 14.0 Å². The second-order valence-electron chi connectivity index (χ2n) is 4.45. The largest absolute Gasteiger partial charge is 0.328 e. The average Bonchev–Trinajstić information content (AvgIpc) is 2.50. The molecule has 1 saturated carbocycles. The maximum Gasteiger partial charge on any atom is 0.328 e. The van der Waals surface area contributed by atoms with Gasteiger partial charge in [0.1, 0.15) is 0 Å². The molecule has 1 aliphatic rings. The van der Waals surface area contributed by atoms with Gasteiger partial charge in [0.2, 0.25) is 0 Å². The third kappa shape index (κ3) is 4.59. The van der Waals surface area contributed by atoms with Gasteiger partial charge in [-0.2, -0.15) is 0 Å². The molecule has 1 aliphatic carbocycles. The Morgan fingerprint density at radius 2 is 2.00 bits per heavy atom. The Morgan fingerprint density at radius 1 is 1.43 bits per heavy atom. The highest BCUT2D eigenvalue weighted by Gasteiger charge is 2.24. The molecule has 1 N–H and O–H groups in total. The van der Waals surface area contributed by atoms with E-state index >= 15 is 0 Å². The summed E-state index contributed by atoms with van der Waals surface area (Å²) in [6.07, 6.45) is 6.03. The quantitative estimate of drug-likeness (QED) is 0.724. The van der Waals surface area contributed by atoms with Gasteiger partial charge in [-0.25, -0.2) is 0 Å². The van der Waals surface area contributed by atoms with Gasteiger partial charge in [0, 0.05) is 0 Å². The van der Waals surface area contributed by atoms with Crippen molar-refractivity contribution in [2.45, 2.75) is 52.1 Å². The van der Waals surface area contributed by atoms with Crippen LogP contribution in [0.25, 0.3) is 0 Å². The van der Waals surface area contributed by atoms with E-state index in [9.17, 15) is 9.46 Å². The van der Waals surface area contributed by atoms with Crippen LogP contribution in [0.1, 0.15) is 46.0 Å². The normalized spacial score (nSPS) is 22.9. The second kappa shape index (κ2) is 5.29. The minimum Gasteiger partial charge on any atom is -0.324 e. The zero-order chi connectivity index (χ0) is 10.6.